The molecule has 118 valence electrons. The Balaban J connectivity index is 1.89. The van der Waals surface area contributed by atoms with E-state index in [-0.39, 0.29) is 17.1 Å². The second-order valence-electron chi connectivity index (χ2n) is 7.14. The highest BCUT2D eigenvalue weighted by Crippen LogP contribution is 2.36. The monoisotopic (exact) mass is 302 g/mol. The molecular weight excluding hydrogens is 279 g/mol. The summed E-state index contributed by atoms with van der Waals surface area (Å²) in [6.07, 6.45) is 1.45. The third kappa shape index (κ3) is 2.55. The van der Waals surface area contributed by atoms with Crippen LogP contribution in [0.2, 0.25) is 0 Å². The van der Waals surface area contributed by atoms with Gasteiger partial charge < -0.3 is 20.4 Å². The first-order valence-electron chi connectivity index (χ1n) is 7.74. The first kappa shape index (κ1) is 15.5. The number of anilines is 1. The van der Waals surface area contributed by atoms with Crippen molar-refractivity contribution in [1.82, 2.24) is 0 Å². The van der Waals surface area contributed by atoms with Gasteiger partial charge in [-0.15, -0.1) is 0 Å². The Bertz CT molecular complexity index is 599. The highest BCUT2D eigenvalue weighted by molar-refractivity contribution is 6.62. The number of nitrogens with two attached hydrogens (primary N) is 1. The Labute approximate surface area is 131 Å². The number of hydrogen-bond acceptors (Lipinski definition) is 4. The lowest BCUT2D eigenvalue weighted by Gasteiger charge is -2.32. The van der Waals surface area contributed by atoms with Crippen molar-refractivity contribution >= 4 is 24.2 Å². The molecule has 0 bridgehead atoms. The summed E-state index contributed by atoms with van der Waals surface area (Å²) in [5, 5.41) is 2.90. The molecule has 0 spiro atoms. The molecule has 1 aromatic carbocycles. The van der Waals surface area contributed by atoms with Crippen LogP contribution in [0.15, 0.2) is 18.2 Å². The van der Waals surface area contributed by atoms with E-state index < -0.39 is 13.2 Å². The summed E-state index contributed by atoms with van der Waals surface area (Å²) in [6.45, 7) is 8.10. The average molecular weight is 302 g/mol. The van der Waals surface area contributed by atoms with E-state index in [4.69, 9.17) is 15.0 Å². The summed E-state index contributed by atoms with van der Waals surface area (Å²) < 4.78 is 12.1. The van der Waals surface area contributed by atoms with Crippen LogP contribution in [0, 0.1) is 0 Å². The first-order chi connectivity index (χ1) is 10.2. The second-order valence-corrected chi connectivity index (χ2v) is 7.14. The molecule has 0 aliphatic carbocycles. The normalized spacial score (nSPS) is 26.3. The van der Waals surface area contributed by atoms with E-state index in [0.29, 0.717) is 6.42 Å². The summed E-state index contributed by atoms with van der Waals surface area (Å²) in [5.41, 5.74) is 7.89. The largest absolute Gasteiger partial charge is 0.494 e. The van der Waals surface area contributed by atoms with Gasteiger partial charge in [0.25, 0.3) is 0 Å². The Kier molecular flexibility index (Phi) is 3.59. The Morgan fingerprint density at radius 3 is 2.50 bits per heavy atom. The van der Waals surface area contributed by atoms with Crippen molar-refractivity contribution in [3.8, 4) is 0 Å². The fraction of sp³-hybridized carbons (Fsp3) is 0.562. The lowest BCUT2D eigenvalue weighted by atomic mass is 9.78. The molecule has 1 atom stereocenters. The highest BCUT2D eigenvalue weighted by Gasteiger charge is 2.51. The minimum atomic E-state index is -0.451. The molecule has 2 aliphatic rings. The highest BCUT2D eigenvalue weighted by atomic mass is 16.7. The van der Waals surface area contributed by atoms with E-state index in [2.05, 4.69) is 5.32 Å². The molecule has 1 amide bonds. The van der Waals surface area contributed by atoms with E-state index >= 15 is 0 Å². The number of carbonyl (C=O) groups excluding carboxylic acids is 1. The van der Waals surface area contributed by atoms with Crippen molar-refractivity contribution in [3.05, 3.63) is 23.8 Å². The van der Waals surface area contributed by atoms with Crippen molar-refractivity contribution in [2.24, 2.45) is 5.73 Å². The molecule has 2 heterocycles. The SMILES string of the molecule is CC1(C)OB(c2ccc3c(c2)NC(=O)[C@@H](N)CC3)OC1(C)C. The van der Waals surface area contributed by atoms with E-state index in [1.165, 1.54) is 0 Å². The molecule has 0 saturated carbocycles. The number of carbonyl (C=O) groups is 1. The van der Waals surface area contributed by atoms with Crippen LogP contribution < -0.4 is 16.5 Å². The van der Waals surface area contributed by atoms with Crippen LogP contribution in [0.3, 0.4) is 0 Å². The van der Waals surface area contributed by atoms with Crippen LogP contribution in [0.25, 0.3) is 0 Å². The van der Waals surface area contributed by atoms with E-state index in [1.54, 1.807) is 0 Å². The van der Waals surface area contributed by atoms with Crippen molar-refractivity contribution < 1.29 is 14.1 Å². The number of benzene rings is 1. The predicted molar refractivity (Wildman–Crippen MR) is 87.1 cm³/mol. The van der Waals surface area contributed by atoms with Crippen molar-refractivity contribution in [3.63, 3.8) is 0 Å². The zero-order valence-electron chi connectivity index (χ0n) is 13.6. The van der Waals surface area contributed by atoms with E-state index in [9.17, 15) is 4.79 Å². The van der Waals surface area contributed by atoms with Gasteiger partial charge in [-0.05, 0) is 57.6 Å². The topological polar surface area (TPSA) is 73.6 Å². The molecule has 1 saturated heterocycles. The third-order valence-corrected chi connectivity index (χ3v) is 4.98. The third-order valence-electron chi connectivity index (χ3n) is 4.98. The lowest BCUT2D eigenvalue weighted by Crippen LogP contribution is -2.41. The number of hydrogen-bond donors (Lipinski definition) is 2. The number of amides is 1. The van der Waals surface area contributed by atoms with Gasteiger partial charge in [-0.1, -0.05) is 12.1 Å². The summed E-state index contributed by atoms with van der Waals surface area (Å²) in [4.78, 5) is 11.9. The molecule has 22 heavy (non-hydrogen) atoms. The minimum Gasteiger partial charge on any atom is -0.399 e. The van der Waals surface area contributed by atoms with Crippen LogP contribution in [0.1, 0.15) is 39.7 Å². The van der Waals surface area contributed by atoms with Gasteiger partial charge in [0.15, 0.2) is 0 Å². The molecule has 1 aromatic rings. The van der Waals surface area contributed by atoms with Crippen LogP contribution in [0.4, 0.5) is 5.69 Å². The van der Waals surface area contributed by atoms with Gasteiger partial charge in [-0.2, -0.15) is 0 Å². The molecule has 0 unspecified atom stereocenters. The predicted octanol–water partition coefficient (Wildman–Crippen LogP) is 1.20. The van der Waals surface area contributed by atoms with E-state index in [1.807, 2.05) is 45.9 Å². The average Bonchev–Trinajstić information content (AvgIpc) is 2.55. The van der Waals surface area contributed by atoms with Crippen molar-refractivity contribution in [2.75, 3.05) is 5.32 Å². The molecule has 1 fully saturated rings. The van der Waals surface area contributed by atoms with Gasteiger partial charge in [0.05, 0.1) is 17.2 Å². The van der Waals surface area contributed by atoms with Crippen LogP contribution in [-0.2, 0) is 20.5 Å². The van der Waals surface area contributed by atoms with Gasteiger partial charge in [0.1, 0.15) is 0 Å². The van der Waals surface area contributed by atoms with Crippen LogP contribution >= 0.6 is 0 Å². The quantitative estimate of drug-likeness (QED) is 0.765. The molecule has 5 nitrogen and oxygen atoms in total. The number of nitrogens with one attached hydrogen (secondary N) is 1. The maximum atomic E-state index is 11.9. The van der Waals surface area contributed by atoms with Gasteiger partial charge in [-0.25, -0.2) is 0 Å². The zero-order valence-corrected chi connectivity index (χ0v) is 13.6. The molecule has 0 aromatic heterocycles. The summed E-state index contributed by atoms with van der Waals surface area (Å²) in [5.74, 6) is -0.134. The number of rotatable bonds is 1. The summed E-state index contributed by atoms with van der Waals surface area (Å²) in [7, 11) is -0.427. The Morgan fingerprint density at radius 1 is 1.23 bits per heavy atom. The fourth-order valence-corrected chi connectivity index (χ4v) is 2.72. The van der Waals surface area contributed by atoms with Crippen molar-refractivity contribution in [2.45, 2.75) is 57.8 Å². The Morgan fingerprint density at radius 2 is 1.86 bits per heavy atom. The number of aryl methyl sites for hydroxylation is 1. The minimum absolute atomic E-state index is 0.134. The maximum absolute atomic E-state index is 11.9. The molecule has 3 rings (SSSR count). The zero-order chi connectivity index (χ0) is 16.1. The second kappa shape index (κ2) is 5.08. The van der Waals surface area contributed by atoms with Gasteiger partial charge in [-0.3, -0.25) is 4.79 Å². The van der Waals surface area contributed by atoms with Gasteiger partial charge in [0.2, 0.25) is 5.91 Å². The van der Waals surface area contributed by atoms with Crippen LogP contribution in [-0.4, -0.2) is 30.3 Å². The molecule has 2 aliphatic heterocycles. The first-order valence-corrected chi connectivity index (χ1v) is 7.74. The van der Waals surface area contributed by atoms with Gasteiger partial charge >= 0.3 is 7.12 Å². The molecular formula is C16H23BN2O3. The number of fused-ring (bicyclic) bond motifs is 1. The molecule has 3 N–H and O–H groups in total. The summed E-state index contributed by atoms with van der Waals surface area (Å²) in [6, 6.07) is 5.51. The van der Waals surface area contributed by atoms with E-state index in [0.717, 1.165) is 23.1 Å². The summed E-state index contributed by atoms with van der Waals surface area (Å²) >= 11 is 0. The maximum Gasteiger partial charge on any atom is 0.494 e. The smallest absolute Gasteiger partial charge is 0.399 e. The Hall–Kier alpha value is -1.37. The lowest BCUT2D eigenvalue weighted by molar-refractivity contribution is -0.117. The van der Waals surface area contributed by atoms with Crippen molar-refractivity contribution in [1.29, 1.82) is 0 Å². The van der Waals surface area contributed by atoms with Crippen LogP contribution in [0.5, 0.6) is 0 Å². The molecule has 0 radical (unpaired) electrons. The standard InChI is InChI=1S/C16H23BN2O3/c1-15(2)16(3,4)22-17(21-15)11-7-5-10-6-8-12(18)14(20)19-13(10)9-11/h5,7,9,12H,6,8,18H2,1-4H3,(H,19,20)/t12-/m0/s1. The fourth-order valence-electron chi connectivity index (χ4n) is 2.72. The molecule has 6 heteroatoms. The van der Waals surface area contributed by atoms with Gasteiger partial charge in [0, 0.05) is 5.69 Å².